The zero-order chi connectivity index (χ0) is 26.1. The van der Waals surface area contributed by atoms with Crippen LogP contribution in [0.2, 0.25) is 4.34 Å². The van der Waals surface area contributed by atoms with Crippen LogP contribution in [0.25, 0.3) is 22.4 Å². The van der Waals surface area contributed by atoms with Gasteiger partial charge in [-0.1, -0.05) is 49.2 Å². The Bertz CT molecular complexity index is 1460. The highest BCUT2D eigenvalue weighted by molar-refractivity contribution is 7.18. The third-order valence-corrected chi connectivity index (χ3v) is 8.48. The van der Waals surface area contributed by atoms with Gasteiger partial charge in [0.15, 0.2) is 11.6 Å². The molecule has 4 aromatic rings. The van der Waals surface area contributed by atoms with Crippen LogP contribution in [0.15, 0.2) is 54.6 Å². The van der Waals surface area contributed by atoms with Gasteiger partial charge in [-0.25, -0.2) is 13.8 Å². The molecule has 1 saturated carbocycles. The maximum Gasteiger partial charge on any atom is 0.264 e. The minimum atomic E-state index is -2.64. The van der Waals surface area contributed by atoms with Gasteiger partial charge in [0.1, 0.15) is 5.82 Å². The van der Waals surface area contributed by atoms with Crippen LogP contribution in [0.5, 0.6) is 0 Å². The number of aromatic nitrogens is 2. The number of thiophene rings is 1. The second-order valence-corrected chi connectivity index (χ2v) is 11.3. The molecule has 4 nitrogen and oxygen atoms in total. The summed E-state index contributed by atoms with van der Waals surface area (Å²) in [5.41, 5.74) is 2.32. The van der Waals surface area contributed by atoms with Crippen molar-refractivity contribution in [2.45, 2.75) is 57.9 Å². The molecule has 0 amide bonds. The molecule has 8 heteroatoms. The lowest BCUT2D eigenvalue weighted by atomic mass is 9.82. The van der Waals surface area contributed by atoms with Crippen molar-refractivity contribution in [2.24, 2.45) is 5.92 Å². The number of fused-ring (bicyclic) bond motifs is 1. The number of rotatable bonds is 8. The highest BCUT2D eigenvalue weighted by Gasteiger charge is 2.30. The van der Waals surface area contributed by atoms with Gasteiger partial charge in [0.2, 0.25) is 0 Å². The summed E-state index contributed by atoms with van der Waals surface area (Å²) in [6.07, 6.45) is 1.63. The lowest BCUT2D eigenvalue weighted by molar-refractivity contribution is 0.0944. The molecule has 2 atom stereocenters. The van der Waals surface area contributed by atoms with E-state index in [4.69, 9.17) is 16.6 Å². The molecule has 5 rings (SSSR count). The lowest BCUT2D eigenvalue weighted by Gasteiger charge is -2.31. The highest BCUT2D eigenvalue weighted by Crippen LogP contribution is 2.41. The molecule has 192 valence electrons. The van der Waals surface area contributed by atoms with Gasteiger partial charge in [-0.2, -0.15) is 0 Å². The highest BCUT2D eigenvalue weighted by atomic mass is 35.5. The van der Waals surface area contributed by atoms with Crippen LogP contribution in [-0.4, -0.2) is 21.1 Å². The van der Waals surface area contributed by atoms with Crippen LogP contribution in [0.4, 0.5) is 8.78 Å². The Labute approximate surface area is 223 Å². The first kappa shape index (κ1) is 25.7. The van der Waals surface area contributed by atoms with Crippen LogP contribution >= 0.6 is 22.9 Å². The fourth-order valence-electron chi connectivity index (χ4n) is 5.44. The van der Waals surface area contributed by atoms with Crippen LogP contribution in [0.3, 0.4) is 0 Å². The Balaban J connectivity index is 1.55. The predicted octanol–water partition coefficient (Wildman–Crippen LogP) is 8.95. The molecule has 2 aromatic heterocycles. The Hall–Kier alpha value is -2.90. The topological polar surface area (TPSA) is 52.0 Å². The predicted molar refractivity (Wildman–Crippen MR) is 144 cm³/mol. The van der Waals surface area contributed by atoms with E-state index in [1.807, 2.05) is 13.0 Å². The number of carbonyl (C=O) groups excluding carboxylic acids is 2. The minimum absolute atomic E-state index is 0.00284. The summed E-state index contributed by atoms with van der Waals surface area (Å²) >= 11 is 7.32. The van der Waals surface area contributed by atoms with E-state index in [1.165, 1.54) is 17.4 Å². The number of carbonyl (C=O) groups is 2. The maximum absolute atomic E-state index is 14.0. The number of ketones is 2. The average molecular weight is 541 g/mol. The SMILES string of the molecule is CCC(=O)c1ccc2c(c1)nc(-c1ccccc1C(F)F)n2C1CCC[C@@H](CC(=O)c2ccc(Cl)s2)C1. The molecular weight excluding hydrogens is 514 g/mol. The normalized spacial score (nSPS) is 18.0. The van der Waals surface area contributed by atoms with Gasteiger partial charge < -0.3 is 4.57 Å². The first-order valence-corrected chi connectivity index (χ1v) is 13.8. The number of halogens is 3. The van der Waals surface area contributed by atoms with Gasteiger partial charge in [-0.05, 0) is 55.5 Å². The van der Waals surface area contributed by atoms with Crippen LogP contribution in [0, 0.1) is 5.92 Å². The van der Waals surface area contributed by atoms with E-state index in [0.29, 0.717) is 44.5 Å². The van der Waals surface area contributed by atoms with E-state index in [9.17, 15) is 18.4 Å². The average Bonchev–Trinajstić information content (AvgIpc) is 3.51. The molecule has 0 aliphatic heterocycles. The van der Waals surface area contributed by atoms with Crippen molar-refractivity contribution in [1.29, 1.82) is 0 Å². The second-order valence-electron chi connectivity index (χ2n) is 9.59. The molecule has 0 radical (unpaired) electrons. The third-order valence-electron chi connectivity index (χ3n) is 7.21. The standard InChI is InChI=1S/C29H27ClF2N2O2S/c1-2-24(35)18-10-11-23-22(16-18)33-29(21-9-4-3-8-20(21)28(31)32)34(23)19-7-5-6-17(14-19)15-25(36)26-12-13-27(30)37-26/h3-4,8-13,16-17,19,28H,2,5-7,14-15H2,1H3/t17-,19?/m1/s1. The molecule has 0 N–H and O–H groups in total. The van der Waals surface area contributed by atoms with E-state index < -0.39 is 6.43 Å². The van der Waals surface area contributed by atoms with Crippen molar-refractivity contribution in [3.63, 3.8) is 0 Å². The minimum Gasteiger partial charge on any atom is -0.321 e. The van der Waals surface area contributed by atoms with Gasteiger partial charge in [0, 0.05) is 35.6 Å². The van der Waals surface area contributed by atoms with Gasteiger partial charge >= 0.3 is 0 Å². The Morgan fingerprint density at radius 1 is 1.11 bits per heavy atom. The number of benzene rings is 2. The number of nitrogens with zero attached hydrogens (tertiary/aromatic N) is 2. The first-order valence-electron chi connectivity index (χ1n) is 12.6. The quantitative estimate of drug-likeness (QED) is 0.209. The van der Waals surface area contributed by atoms with E-state index in [1.54, 1.807) is 42.5 Å². The summed E-state index contributed by atoms with van der Waals surface area (Å²) in [6.45, 7) is 1.81. The van der Waals surface area contributed by atoms with E-state index in [2.05, 4.69) is 4.57 Å². The molecule has 2 aromatic carbocycles. The number of alkyl halides is 2. The van der Waals surface area contributed by atoms with Crippen molar-refractivity contribution in [3.8, 4) is 11.4 Å². The Morgan fingerprint density at radius 3 is 2.65 bits per heavy atom. The summed E-state index contributed by atoms with van der Waals surface area (Å²) in [5.74, 6) is 0.748. The molecule has 2 heterocycles. The zero-order valence-corrected chi connectivity index (χ0v) is 22.0. The van der Waals surface area contributed by atoms with Crippen molar-refractivity contribution in [3.05, 3.63) is 74.9 Å². The summed E-state index contributed by atoms with van der Waals surface area (Å²) in [4.78, 5) is 30.7. The molecule has 37 heavy (non-hydrogen) atoms. The second kappa shape index (κ2) is 10.8. The molecule has 1 unspecified atom stereocenters. The third kappa shape index (κ3) is 5.25. The molecule has 0 saturated heterocycles. The summed E-state index contributed by atoms with van der Waals surface area (Å²) in [6, 6.07) is 15.4. The molecule has 1 aliphatic rings. The maximum atomic E-state index is 14.0. The first-order chi connectivity index (χ1) is 17.9. The Kier molecular flexibility index (Phi) is 7.54. The van der Waals surface area contributed by atoms with Crippen molar-refractivity contribution >= 4 is 45.5 Å². The smallest absolute Gasteiger partial charge is 0.264 e. The van der Waals surface area contributed by atoms with Crippen molar-refractivity contribution in [1.82, 2.24) is 9.55 Å². The number of hydrogen-bond acceptors (Lipinski definition) is 4. The number of hydrogen-bond donors (Lipinski definition) is 0. The van der Waals surface area contributed by atoms with Crippen LogP contribution in [0.1, 0.15) is 83.5 Å². The number of imidazole rings is 1. The van der Waals surface area contributed by atoms with E-state index >= 15 is 0 Å². The van der Waals surface area contributed by atoms with Crippen LogP contribution in [-0.2, 0) is 0 Å². The Morgan fingerprint density at radius 2 is 1.92 bits per heavy atom. The van der Waals surface area contributed by atoms with Crippen LogP contribution < -0.4 is 0 Å². The largest absolute Gasteiger partial charge is 0.321 e. The lowest BCUT2D eigenvalue weighted by Crippen LogP contribution is -2.22. The molecule has 1 fully saturated rings. The van der Waals surface area contributed by atoms with Crippen molar-refractivity contribution in [2.75, 3.05) is 0 Å². The van der Waals surface area contributed by atoms with E-state index in [-0.39, 0.29) is 29.1 Å². The van der Waals surface area contributed by atoms with Gasteiger partial charge in [0.25, 0.3) is 6.43 Å². The fraction of sp³-hybridized carbons (Fsp3) is 0.345. The van der Waals surface area contributed by atoms with E-state index in [0.717, 1.165) is 31.2 Å². The monoisotopic (exact) mass is 540 g/mol. The van der Waals surface area contributed by atoms with Crippen molar-refractivity contribution < 1.29 is 18.4 Å². The van der Waals surface area contributed by atoms with Gasteiger partial charge in [-0.15, -0.1) is 11.3 Å². The molecule has 1 aliphatic carbocycles. The van der Waals surface area contributed by atoms with Gasteiger partial charge in [0.05, 0.1) is 20.2 Å². The summed E-state index contributed by atoms with van der Waals surface area (Å²) in [5, 5.41) is 0. The number of Topliss-reactive ketones (excluding diaryl/α,β-unsaturated/α-hetero) is 2. The molecule has 0 bridgehead atoms. The molecular formula is C29H27ClF2N2O2S. The molecule has 0 spiro atoms. The van der Waals surface area contributed by atoms with Gasteiger partial charge in [-0.3, -0.25) is 9.59 Å². The summed E-state index contributed by atoms with van der Waals surface area (Å²) in [7, 11) is 0. The fourth-order valence-corrected chi connectivity index (χ4v) is 6.43. The summed E-state index contributed by atoms with van der Waals surface area (Å²) < 4.78 is 30.7. The zero-order valence-electron chi connectivity index (χ0n) is 20.4.